The van der Waals surface area contributed by atoms with Crippen molar-refractivity contribution >= 4 is 17.3 Å². The quantitative estimate of drug-likeness (QED) is 0.845. The minimum absolute atomic E-state index is 0.147. The number of piperazine rings is 1. The van der Waals surface area contributed by atoms with Gasteiger partial charge in [0.15, 0.2) is 0 Å². The molecule has 1 aromatic rings. The number of aryl methyl sites for hydroxylation is 1. The molecule has 1 saturated heterocycles. The van der Waals surface area contributed by atoms with Crippen molar-refractivity contribution in [3.05, 3.63) is 28.8 Å². The summed E-state index contributed by atoms with van der Waals surface area (Å²) < 4.78 is 0. The molecule has 1 aliphatic heterocycles. The van der Waals surface area contributed by atoms with Crippen LogP contribution in [0.4, 0.5) is 5.69 Å². The highest BCUT2D eigenvalue weighted by Gasteiger charge is 2.24. The summed E-state index contributed by atoms with van der Waals surface area (Å²) in [5.74, 6) is 0. The zero-order valence-corrected chi connectivity index (χ0v) is 11.0. The Morgan fingerprint density at radius 3 is 2.88 bits per heavy atom. The van der Waals surface area contributed by atoms with Crippen LogP contribution in [0.2, 0.25) is 5.02 Å². The lowest BCUT2D eigenvalue weighted by Gasteiger charge is -2.39. The Morgan fingerprint density at radius 2 is 2.24 bits per heavy atom. The van der Waals surface area contributed by atoms with Gasteiger partial charge in [-0.3, -0.25) is 0 Å². The normalized spacial score (nSPS) is 25.1. The van der Waals surface area contributed by atoms with E-state index in [1.54, 1.807) is 0 Å². The molecule has 0 aromatic heterocycles. The van der Waals surface area contributed by atoms with E-state index in [1.165, 1.54) is 11.3 Å². The van der Waals surface area contributed by atoms with Gasteiger partial charge in [0, 0.05) is 35.9 Å². The first-order valence-electron chi connectivity index (χ1n) is 5.98. The Kier molecular flexibility index (Phi) is 3.92. The number of nitrogens with one attached hydrogen (secondary N) is 1. The molecule has 0 amide bonds. The molecule has 1 aliphatic rings. The molecule has 3 nitrogen and oxygen atoms in total. The van der Waals surface area contributed by atoms with Crippen LogP contribution in [0.3, 0.4) is 0 Å². The van der Waals surface area contributed by atoms with Gasteiger partial charge in [-0.05, 0) is 37.6 Å². The predicted molar refractivity (Wildman–Crippen MR) is 71.9 cm³/mol. The Hall–Kier alpha value is -0.770. The molecular weight excluding hydrogens is 236 g/mol. The Balaban J connectivity index is 2.20. The van der Waals surface area contributed by atoms with Gasteiger partial charge in [0.1, 0.15) is 0 Å². The van der Waals surface area contributed by atoms with Crippen LogP contribution in [-0.4, -0.2) is 36.9 Å². The van der Waals surface area contributed by atoms with Crippen LogP contribution in [0.25, 0.3) is 0 Å². The number of benzene rings is 1. The Labute approximate surface area is 107 Å². The van der Waals surface area contributed by atoms with Gasteiger partial charge in [-0.15, -0.1) is 0 Å². The topological polar surface area (TPSA) is 35.5 Å². The molecule has 0 saturated carbocycles. The first kappa shape index (κ1) is 12.7. The number of rotatable bonds is 2. The standard InChI is InChI=1S/C13H19ClN2O/c1-9-5-11(14)3-4-13(9)16-6-10(2)15-12(7-16)8-17/h3-5,10,12,15,17H,6-8H2,1-2H3. The predicted octanol–water partition coefficient (Wildman–Crippen LogP) is 1.81. The van der Waals surface area contributed by atoms with Crippen LogP contribution in [0, 0.1) is 6.92 Å². The number of hydrogen-bond donors (Lipinski definition) is 2. The smallest absolute Gasteiger partial charge is 0.0602 e. The van der Waals surface area contributed by atoms with Crippen molar-refractivity contribution < 1.29 is 5.11 Å². The summed E-state index contributed by atoms with van der Waals surface area (Å²) >= 11 is 5.97. The van der Waals surface area contributed by atoms with Crippen LogP contribution < -0.4 is 10.2 Å². The van der Waals surface area contributed by atoms with Crippen molar-refractivity contribution in [3.8, 4) is 0 Å². The van der Waals surface area contributed by atoms with Crippen LogP contribution in [0.5, 0.6) is 0 Å². The third-order valence-corrected chi connectivity index (χ3v) is 3.41. The van der Waals surface area contributed by atoms with E-state index in [-0.39, 0.29) is 12.6 Å². The van der Waals surface area contributed by atoms with E-state index in [0.29, 0.717) is 6.04 Å². The van der Waals surface area contributed by atoms with Gasteiger partial charge in [-0.2, -0.15) is 0 Å². The summed E-state index contributed by atoms with van der Waals surface area (Å²) in [5, 5.41) is 13.4. The van der Waals surface area contributed by atoms with Gasteiger partial charge in [0.05, 0.1) is 6.61 Å². The maximum atomic E-state index is 9.28. The molecule has 0 bridgehead atoms. The fourth-order valence-corrected chi connectivity index (χ4v) is 2.69. The molecule has 2 unspecified atom stereocenters. The first-order valence-corrected chi connectivity index (χ1v) is 6.36. The maximum Gasteiger partial charge on any atom is 0.0602 e. The summed E-state index contributed by atoms with van der Waals surface area (Å²) in [6, 6.07) is 6.50. The van der Waals surface area contributed by atoms with Crippen molar-refractivity contribution in [2.75, 3.05) is 24.6 Å². The Morgan fingerprint density at radius 1 is 1.47 bits per heavy atom. The summed E-state index contributed by atoms with van der Waals surface area (Å²) in [5.41, 5.74) is 2.39. The van der Waals surface area contributed by atoms with Gasteiger partial charge in [0.2, 0.25) is 0 Å². The lowest BCUT2D eigenvalue weighted by atomic mass is 10.1. The highest BCUT2D eigenvalue weighted by atomic mass is 35.5. The SMILES string of the molecule is Cc1cc(Cl)ccc1N1CC(C)NC(CO)C1. The molecule has 0 aliphatic carbocycles. The summed E-state index contributed by atoms with van der Waals surface area (Å²) in [6.07, 6.45) is 0. The molecule has 0 radical (unpaired) electrons. The summed E-state index contributed by atoms with van der Waals surface area (Å²) in [4.78, 5) is 2.31. The van der Waals surface area contributed by atoms with Crippen LogP contribution in [-0.2, 0) is 0 Å². The Bertz CT molecular complexity index is 397. The molecule has 2 N–H and O–H groups in total. The van der Waals surface area contributed by atoms with Crippen molar-refractivity contribution in [1.82, 2.24) is 5.32 Å². The summed E-state index contributed by atoms with van der Waals surface area (Å²) in [7, 11) is 0. The van der Waals surface area contributed by atoms with Crippen molar-refractivity contribution in [2.45, 2.75) is 25.9 Å². The number of halogens is 1. The molecule has 2 atom stereocenters. The van der Waals surface area contributed by atoms with Crippen LogP contribution in [0.15, 0.2) is 18.2 Å². The van der Waals surface area contributed by atoms with E-state index in [1.807, 2.05) is 12.1 Å². The largest absolute Gasteiger partial charge is 0.395 e. The lowest BCUT2D eigenvalue weighted by Crippen LogP contribution is -2.57. The fraction of sp³-hybridized carbons (Fsp3) is 0.538. The average Bonchev–Trinajstić information content (AvgIpc) is 2.28. The van der Waals surface area contributed by atoms with E-state index in [0.717, 1.165) is 18.1 Å². The van der Waals surface area contributed by atoms with Crippen LogP contribution in [0.1, 0.15) is 12.5 Å². The number of anilines is 1. The van der Waals surface area contributed by atoms with Crippen molar-refractivity contribution in [3.63, 3.8) is 0 Å². The maximum absolute atomic E-state index is 9.28. The molecular formula is C13H19ClN2O. The molecule has 17 heavy (non-hydrogen) atoms. The average molecular weight is 255 g/mol. The number of nitrogens with zero attached hydrogens (tertiary/aromatic N) is 1. The van der Waals surface area contributed by atoms with Gasteiger partial charge in [-0.25, -0.2) is 0 Å². The molecule has 1 heterocycles. The van der Waals surface area contributed by atoms with Crippen molar-refractivity contribution in [2.24, 2.45) is 0 Å². The molecule has 2 rings (SSSR count). The fourth-order valence-electron chi connectivity index (χ4n) is 2.46. The zero-order chi connectivity index (χ0) is 12.4. The highest BCUT2D eigenvalue weighted by Crippen LogP contribution is 2.25. The number of hydrogen-bond acceptors (Lipinski definition) is 3. The lowest BCUT2D eigenvalue weighted by molar-refractivity contribution is 0.221. The second-order valence-electron chi connectivity index (χ2n) is 4.78. The monoisotopic (exact) mass is 254 g/mol. The van der Waals surface area contributed by atoms with E-state index in [2.05, 4.69) is 30.1 Å². The minimum Gasteiger partial charge on any atom is -0.395 e. The number of aliphatic hydroxyl groups excluding tert-OH is 1. The zero-order valence-electron chi connectivity index (χ0n) is 10.3. The minimum atomic E-state index is 0.147. The molecule has 1 aromatic carbocycles. The van der Waals surface area contributed by atoms with Gasteiger partial charge in [0.25, 0.3) is 0 Å². The second-order valence-corrected chi connectivity index (χ2v) is 5.22. The first-order chi connectivity index (χ1) is 8.10. The molecule has 4 heteroatoms. The molecule has 0 spiro atoms. The third kappa shape index (κ3) is 2.92. The van der Waals surface area contributed by atoms with Gasteiger partial charge < -0.3 is 15.3 Å². The van der Waals surface area contributed by atoms with Crippen molar-refractivity contribution in [1.29, 1.82) is 0 Å². The second kappa shape index (κ2) is 5.25. The highest BCUT2D eigenvalue weighted by molar-refractivity contribution is 6.30. The molecule has 1 fully saturated rings. The van der Waals surface area contributed by atoms with E-state index in [4.69, 9.17) is 11.6 Å². The van der Waals surface area contributed by atoms with Gasteiger partial charge in [-0.1, -0.05) is 11.6 Å². The van der Waals surface area contributed by atoms with E-state index < -0.39 is 0 Å². The number of aliphatic hydroxyl groups is 1. The van der Waals surface area contributed by atoms with E-state index in [9.17, 15) is 5.11 Å². The third-order valence-electron chi connectivity index (χ3n) is 3.18. The molecule has 94 valence electrons. The van der Waals surface area contributed by atoms with E-state index >= 15 is 0 Å². The summed E-state index contributed by atoms with van der Waals surface area (Å²) in [6.45, 7) is 6.18. The van der Waals surface area contributed by atoms with Crippen LogP contribution >= 0.6 is 11.6 Å². The van der Waals surface area contributed by atoms with Gasteiger partial charge >= 0.3 is 0 Å².